The van der Waals surface area contributed by atoms with Crippen molar-refractivity contribution < 1.29 is 28.4 Å². The van der Waals surface area contributed by atoms with Crippen LogP contribution in [0.5, 0.6) is 11.5 Å². The Kier molecular flexibility index (Phi) is 4.95. The summed E-state index contributed by atoms with van der Waals surface area (Å²) in [5.74, 6) is -0.327. The summed E-state index contributed by atoms with van der Waals surface area (Å²) in [6, 6.07) is 16.9. The minimum Gasteiger partial charge on any atom is -0.495 e. The molecule has 3 N–H and O–H groups in total. The molecule has 1 amide bonds. The van der Waals surface area contributed by atoms with E-state index in [1.165, 1.54) is 19.2 Å². The minimum atomic E-state index is -4.83. The fourth-order valence-electron chi connectivity index (χ4n) is 2.54. The summed E-state index contributed by atoms with van der Waals surface area (Å²) < 4.78 is 21.2. The van der Waals surface area contributed by atoms with Crippen LogP contribution in [0.15, 0.2) is 60.7 Å². The van der Waals surface area contributed by atoms with Crippen LogP contribution in [0.1, 0.15) is 10.4 Å². The first-order chi connectivity index (χ1) is 12.4. The van der Waals surface area contributed by atoms with Crippen LogP contribution in [-0.4, -0.2) is 22.8 Å². The van der Waals surface area contributed by atoms with Crippen molar-refractivity contribution in [3.05, 3.63) is 66.2 Å². The summed E-state index contributed by atoms with van der Waals surface area (Å²) >= 11 is 0. The molecule has 0 spiro atoms. The standard InChI is InChI=1S/C18H16NO6P/c1-24-16-9-5-4-8-15(16)19-18(20)14-10-12-6-2-3-7-13(12)11-17(14)25-26(21,22)23/h2-11H,1H3,(H,19,20)(H2,21,22,23). The summed E-state index contributed by atoms with van der Waals surface area (Å²) in [5, 5.41) is 4.09. The average Bonchev–Trinajstić information content (AvgIpc) is 2.60. The maximum atomic E-state index is 12.7. The van der Waals surface area contributed by atoms with E-state index in [2.05, 4.69) is 5.32 Å². The van der Waals surface area contributed by atoms with Crippen LogP contribution in [0.3, 0.4) is 0 Å². The number of fused-ring (bicyclic) bond motifs is 1. The molecule has 134 valence electrons. The molecule has 8 heteroatoms. The van der Waals surface area contributed by atoms with Gasteiger partial charge in [0.25, 0.3) is 5.91 Å². The van der Waals surface area contributed by atoms with Gasteiger partial charge in [-0.05, 0) is 35.0 Å². The molecule has 0 aliphatic heterocycles. The third-order valence-electron chi connectivity index (χ3n) is 3.66. The molecule has 0 heterocycles. The largest absolute Gasteiger partial charge is 0.524 e. The summed E-state index contributed by atoms with van der Waals surface area (Å²) in [5.41, 5.74) is 0.424. The Morgan fingerprint density at radius 3 is 2.23 bits per heavy atom. The van der Waals surface area contributed by atoms with Crippen LogP contribution < -0.4 is 14.6 Å². The second kappa shape index (κ2) is 7.17. The highest BCUT2D eigenvalue weighted by atomic mass is 31.2. The van der Waals surface area contributed by atoms with Gasteiger partial charge in [-0.3, -0.25) is 14.6 Å². The van der Waals surface area contributed by atoms with E-state index in [0.29, 0.717) is 16.8 Å². The smallest absolute Gasteiger partial charge is 0.495 e. The number of carbonyl (C=O) groups excluding carboxylic acids is 1. The van der Waals surface area contributed by atoms with E-state index in [-0.39, 0.29) is 11.3 Å². The fraction of sp³-hybridized carbons (Fsp3) is 0.0556. The van der Waals surface area contributed by atoms with Crippen molar-refractivity contribution >= 4 is 30.2 Å². The van der Waals surface area contributed by atoms with Crippen molar-refractivity contribution in [3.8, 4) is 11.5 Å². The predicted molar refractivity (Wildman–Crippen MR) is 97.6 cm³/mol. The van der Waals surface area contributed by atoms with Gasteiger partial charge >= 0.3 is 7.82 Å². The minimum absolute atomic E-state index is 0.00192. The van der Waals surface area contributed by atoms with E-state index in [1.54, 1.807) is 48.5 Å². The fourth-order valence-corrected chi connectivity index (χ4v) is 2.95. The lowest BCUT2D eigenvalue weighted by Gasteiger charge is -2.14. The number of hydrogen-bond donors (Lipinski definition) is 3. The first-order valence-electron chi connectivity index (χ1n) is 7.60. The molecule has 26 heavy (non-hydrogen) atoms. The van der Waals surface area contributed by atoms with Crippen LogP contribution in [-0.2, 0) is 4.57 Å². The van der Waals surface area contributed by atoms with Gasteiger partial charge in [-0.2, -0.15) is 0 Å². The number of carbonyl (C=O) groups is 1. The molecule has 0 radical (unpaired) electrons. The van der Waals surface area contributed by atoms with Crippen LogP contribution in [0.25, 0.3) is 10.8 Å². The normalized spacial score (nSPS) is 11.2. The van der Waals surface area contributed by atoms with Gasteiger partial charge in [-0.25, -0.2) is 4.57 Å². The second-order valence-electron chi connectivity index (χ2n) is 5.43. The molecule has 0 aromatic heterocycles. The topological polar surface area (TPSA) is 105 Å². The van der Waals surface area contributed by atoms with Gasteiger partial charge in [0.15, 0.2) is 0 Å². The predicted octanol–water partition coefficient (Wildman–Crippen LogP) is 3.57. The summed E-state index contributed by atoms with van der Waals surface area (Å²) in [6.45, 7) is 0. The number of nitrogens with one attached hydrogen (secondary N) is 1. The van der Waals surface area contributed by atoms with Gasteiger partial charge in [-0.15, -0.1) is 0 Å². The number of hydrogen-bond acceptors (Lipinski definition) is 4. The van der Waals surface area contributed by atoms with E-state index in [4.69, 9.17) is 19.0 Å². The van der Waals surface area contributed by atoms with Crippen LogP contribution in [0.2, 0.25) is 0 Å². The SMILES string of the molecule is COc1ccccc1NC(=O)c1cc2ccccc2cc1OP(=O)(O)O. The number of methoxy groups -OCH3 is 1. The summed E-state index contributed by atoms with van der Waals surface area (Å²) in [7, 11) is -3.36. The van der Waals surface area contributed by atoms with Crippen LogP contribution in [0.4, 0.5) is 5.69 Å². The first kappa shape index (κ1) is 17.9. The summed E-state index contributed by atoms with van der Waals surface area (Å²) in [4.78, 5) is 31.0. The molecular weight excluding hydrogens is 357 g/mol. The van der Waals surface area contributed by atoms with E-state index >= 15 is 0 Å². The second-order valence-corrected chi connectivity index (χ2v) is 6.60. The molecule has 0 unspecified atom stereocenters. The highest BCUT2D eigenvalue weighted by Gasteiger charge is 2.22. The maximum Gasteiger partial charge on any atom is 0.524 e. The Morgan fingerprint density at radius 1 is 0.962 bits per heavy atom. The van der Waals surface area contributed by atoms with Crippen molar-refractivity contribution in [2.45, 2.75) is 0 Å². The molecule has 0 atom stereocenters. The lowest BCUT2D eigenvalue weighted by atomic mass is 10.1. The number of anilines is 1. The van der Waals surface area contributed by atoms with Crippen LogP contribution in [0, 0.1) is 0 Å². The highest BCUT2D eigenvalue weighted by molar-refractivity contribution is 7.46. The summed E-state index contributed by atoms with van der Waals surface area (Å²) in [6.07, 6.45) is 0. The third-order valence-corrected chi connectivity index (χ3v) is 4.10. The van der Waals surface area contributed by atoms with Crippen molar-refractivity contribution in [1.29, 1.82) is 0 Å². The number of phosphoric ester groups is 1. The Labute approximate surface area is 149 Å². The zero-order valence-electron chi connectivity index (χ0n) is 13.7. The lowest BCUT2D eigenvalue weighted by molar-refractivity contribution is 0.102. The number of ether oxygens (including phenoxy) is 1. The van der Waals surface area contributed by atoms with Gasteiger partial charge in [-0.1, -0.05) is 36.4 Å². The number of amides is 1. The van der Waals surface area contributed by atoms with E-state index in [1.807, 2.05) is 0 Å². The molecule has 0 saturated heterocycles. The molecule has 3 aromatic rings. The molecule has 3 aromatic carbocycles. The maximum absolute atomic E-state index is 12.7. The molecule has 3 rings (SSSR count). The molecule has 0 saturated carbocycles. The van der Waals surface area contributed by atoms with Gasteiger partial charge < -0.3 is 14.6 Å². The Morgan fingerprint density at radius 2 is 1.58 bits per heavy atom. The molecule has 0 bridgehead atoms. The molecule has 0 aliphatic carbocycles. The Balaban J connectivity index is 2.05. The van der Waals surface area contributed by atoms with E-state index in [9.17, 15) is 9.36 Å². The van der Waals surface area contributed by atoms with Gasteiger partial charge in [0, 0.05) is 0 Å². The van der Waals surface area contributed by atoms with Gasteiger partial charge in [0.1, 0.15) is 11.5 Å². The lowest BCUT2D eigenvalue weighted by Crippen LogP contribution is -2.14. The molecule has 7 nitrogen and oxygen atoms in total. The number of para-hydroxylation sites is 2. The Hall–Kier alpha value is -2.86. The number of rotatable bonds is 5. The third kappa shape index (κ3) is 4.03. The molecule has 0 aliphatic rings. The number of benzene rings is 3. The van der Waals surface area contributed by atoms with Gasteiger partial charge in [0.05, 0.1) is 18.4 Å². The van der Waals surface area contributed by atoms with Crippen LogP contribution >= 0.6 is 7.82 Å². The monoisotopic (exact) mass is 373 g/mol. The molecular formula is C18H16NO6P. The van der Waals surface area contributed by atoms with Crippen molar-refractivity contribution in [2.75, 3.05) is 12.4 Å². The van der Waals surface area contributed by atoms with E-state index in [0.717, 1.165) is 5.39 Å². The van der Waals surface area contributed by atoms with Crippen molar-refractivity contribution in [2.24, 2.45) is 0 Å². The highest BCUT2D eigenvalue weighted by Crippen LogP contribution is 2.40. The number of phosphoric acid groups is 1. The molecule has 0 fully saturated rings. The van der Waals surface area contributed by atoms with Gasteiger partial charge in [0.2, 0.25) is 0 Å². The average molecular weight is 373 g/mol. The zero-order chi connectivity index (χ0) is 18.7. The zero-order valence-corrected chi connectivity index (χ0v) is 14.6. The van der Waals surface area contributed by atoms with Crippen molar-refractivity contribution in [3.63, 3.8) is 0 Å². The first-order valence-corrected chi connectivity index (χ1v) is 9.13. The van der Waals surface area contributed by atoms with Crippen molar-refractivity contribution in [1.82, 2.24) is 0 Å². The quantitative estimate of drug-likeness (QED) is 0.591. The Bertz CT molecular complexity index is 1010. The van der Waals surface area contributed by atoms with E-state index < -0.39 is 13.7 Å².